The monoisotopic (exact) mass is 299 g/mol. The van der Waals surface area contributed by atoms with Crippen LogP contribution in [0.15, 0.2) is 0 Å². The molecule has 5 heteroatoms. The Balaban J connectivity index is 2.16. The summed E-state index contributed by atoms with van der Waals surface area (Å²) < 4.78 is 0. The number of aromatic nitrogens is 1. The first kappa shape index (κ1) is 15.1. The van der Waals surface area contributed by atoms with Gasteiger partial charge in [0.25, 0.3) is 0 Å². The van der Waals surface area contributed by atoms with E-state index in [1.165, 1.54) is 15.7 Å². The van der Waals surface area contributed by atoms with E-state index in [4.69, 9.17) is 4.98 Å². The summed E-state index contributed by atoms with van der Waals surface area (Å²) >= 11 is 6.28. The van der Waals surface area contributed by atoms with Gasteiger partial charge < -0.3 is 9.80 Å². The van der Waals surface area contributed by atoms with Crippen LogP contribution in [0, 0.1) is 0 Å². The van der Waals surface area contributed by atoms with E-state index in [1.807, 2.05) is 11.3 Å². The summed E-state index contributed by atoms with van der Waals surface area (Å²) in [6.07, 6.45) is 0. The van der Waals surface area contributed by atoms with Gasteiger partial charge in [0.2, 0.25) is 0 Å². The zero-order valence-corrected chi connectivity index (χ0v) is 14.2. The molecule has 3 nitrogen and oxygen atoms in total. The van der Waals surface area contributed by atoms with Crippen molar-refractivity contribution in [1.29, 1.82) is 0 Å². The fourth-order valence-electron chi connectivity index (χ4n) is 2.42. The third-order valence-electron chi connectivity index (χ3n) is 3.63. The van der Waals surface area contributed by atoms with Gasteiger partial charge in [0.1, 0.15) is 0 Å². The Morgan fingerprint density at radius 3 is 2.26 bits per heavy atom. The number of thiazole rings is 1. The molecule has 2 heterocycles. The van der Waals surface area contributed by atoms with Gasteiger partial charge in [-0.15, -0.1) is 11.3 Å². The van der Waals surface area contributed by atoms with Gasteiger partial charge in [-0.05, 0) is 6.54 Å². The van der Waals surface area contributed by atoms with Crippen molar-refractivity contribution in [1.82, 2.24) is 9.88 Å². The van der Waals surface area contributed by atoms with Gasteiger partial charge >= 0.3 is 0 Å². The molecule has 19 heavy (non-hydrogen) atoms. The molecule has 1 aromatic heterocycles. The molecular weight excluding hydrogens is 274 g/mol. The molecule has 0 atom stereocenters. The summed E-state index contributed by atoms with van der Waals surface area (Å²) in [4.78, 5) is 11.2. The zero-order chi connectivity index (χ0) is 14.0. The maximum Gasteiger partial charge on any atom is 0.185 e. The van der Waals surface area contributed by atoms with E-state index in [0.717, 1.165) is 38.5 Å². The second-order valence-corrected chi connectivity index (χ2v) is 7.48. The lowest BCUT2D eigenvalue weighted by Crippen LogP contribution is -2.46. The van der Waals surface area contributed by atoms with Crippen LogP contribution < -0.4 is 4.90 Å². The number of thiol groups is 1. The molecule has 0 bridgehead atoms. The second-order valence-electron chi connectivity index (χ2n) is 6.10. The largest absolute Gasteiger partial charge is 0.346 e. The van der Waals surface area contributed by atoms with Gasteiger partial charge in [0.05, 0.1) is 5.69 Å². The number of anilines is 1. The van der Waals surface area contributed by atoms with Gasteiger partial charge in [-0.2, -0.15) is 12.6 Å². The van der Waals surface area contributed by atoms with E-state index >= 15 is 0 Å². The van der Waals surface area contributed by atoms with Crippen LogP contribution in [0.1, 0.15) is 38.3 Å². The molecule has 1 fully saturated rings. The van der Waals surface area contributed by atoms with E-state index in [1.54, 1.807) is 0 Å². The third kappa shape index (κ3) is 3.44. The van der Waals surface area contributed by atoms with E-state index < -0.39 is 0 Å². The van der Waals surface area contributed by atoms with Crippen LogP contribution in [-0.2, 0) is 11.2 Å². The highest BCUT2D eigenvalue weighted by molar-refractivity contribution is 7.79. The van der Waals surface area contributed by atoms with Crippen molar-refractivity contribution in [2.45, 2.75) is 38.9 Å². The fraction of sp³-hybridized carbons (Fsp3) is 0.786. The normalized spacial score (nSPS) is 18.1. The Morgan fingerprint density at radius 1 is 1.21 bits per heavy atom. The second kappa shape index (κ2) is 6.02. The van der Waals surface area contributed by atoms with Gasteiger partial charge in [0, 0.05) is 42.2 Å². The Bertz CT molecular complexity index is 415. The first-order valence-corrected chi connectivity index (χ1v) is 8.49. The quantitative estimate of drug-likeness (QED) is 0.866. The summed E-state index contributed by atoms with van der Waals surface area (Å²) in [6.45, 7) is 14.6. The Morgan fingerprint density at radius 2 is 1.84 bits per heavy atom. The van der Waals surface area contributed by atoms with Crippen LogP contribution in [0.4, 0.5) is 5.13 Å². The molecule has 0 aliphatic carbocycles. The smallest absolute Gasteiger partial charge is 0.185 e. The summed E-state index contributed by atoms with van der Waals surface area (Å²) in [7, 11) is 0. The average Bonchev–Trinajstić information content (AvgIpc) is 2.83. The highest BCUT2D eigenvalue weighted by atomic mass is 32.1. The number of nitrogens with zero attached hydrogens (tertiary/aromatic N) is 3. The van der Waals surface area contributed by atoms with E-state index in [-0.39, 0.29) is 5.41 Å². The minimum absolute atomic E-state index is 0.109. The number of rotatable bonds is 3. The molecule has 0 spiro atoms. The maximum absolute atomic E-state index is 4.90. The molecule has 1 aromatic rings. The minimum atomic E-state index is 0.109. The molecule has 0 saturated carbocycles. The summed E-state index contributed by atoms with van der Waals surface area (Å²) in [5.41, 5.74) is 1.33. The molecule has 0 N–H and O–H groups in total. The van der Waals surface area contributed by atoms with E-state index in [0.29, 0.717) is 0 Å². The van der Waals surface area contributed by atoms with Crippen molar-refractivity contribution in [2.24, 2.45) is 0 Å². The van der Waals surface area contributed by atoms with Gasteiger partial charge in [-0.1, -0.05) is 27.7 Å². The third-order valence-corrected chi connectivity index (χ3v) is 5.28. The van der Waals surface area contributed by atoms with Crippen LogP contribution in [0.25, 0.3) is 0 Å². The van der Waals surface area contributed by atoms with Crippen LogP contribution >= 0.6 is 24.0 Å². The SMILES string of the molecule is CCN1CCN(c2nc(C(C)(C)C)c(CS)s2)CC1. The molecule has 0 aromatic carbocycles. The van der Waals surface area contributed by atoms with Crippen LogP contribution in [0.3, 0.4) is 0 Å². The summed E-state index contributed by atoms with van der Waals surface area (Å²) in [6, 6.07) is 0. The van der Waals surface area contributed by atoms with Gasteiger partial charge in [0.15, 0.2) is 5.13 Å². The van der Waals surface area contributed by atoms with Crippen molar-refractivity contribution >= 4 is 29.1 Å². The maximum atomic E-state index is 4.90. The fourth-order valence-corrected chi connectivity index (χ4v) is 3.95. The molecule has 108 valence electrons. The van der Waals surface area contributed by atoms with Crippen LogP contribution in [-0.4, -0.2) is 42.6 Å². The molecule has 0 unspecified atom stereocenters. The van der Waals surface area contributed by atoms with E-state index in [9.17, 15) is 0 Å². The van der Waals surface area contributed by atoms with Crippen molar-refractivity contribution in [3.8, 4) is 0 Å². The number of hydrogen-bond donors (Lipinski definition) is 1. The lowest BCUT2D eigenvalue weighted by atomic mass is 9.91. The highest BCUT2D eigenvalue weighted by Crippen LogP contribution is 2.35. The summed E-state index contributed by atoms with van der Waals surface area (Å²) in [5.74, 6) is 0.791. The lowest BCUT2D eigenvalue weighted by molar-refractivity contribution is 0.271. The Kier molecular flexibility index (Phi) is 4.79. The zero-order valence-electron chi connectivity index (χ0n) is 12.4. The highest BCUT2D eigenvalue weighted by Gasteiger charge is 2.25. The van der Waals surface area contributed by atoms with Gasteiger partial charge in [-0.3, -0.25) is 0 Å². The van der Waals surface area contributed by atoms with Crippen molar-refractivity contribution in [3.63, 3.8) is 0 Å². The predicted molar refractivity (Wildman–Crippen MR) is 87.8 cm³/mol. The summed E-state index contributed by atoms with van der Waals surface area (Å²) in [5, 5.41) is 1.18. The Hall–Kier alpha value is -0.260. The van der Waals surface area contributed by atoms with Crippen molar-refractivity contribution in [3.05, 3.63) is 10.6 Å². The minimum Gasteiger partial charge on any atom is -0.346 e. The number of piperazine rings is 1. The molecular formula is C14H25N3S2. The molecule has 0 radical (unpaired) electrons. The molecule has 2 rings (SSSR count). The topological polar surface area (TPSA) is 19.4 Å². The number of likely N-dealkylation sites (N-methyl/N-ethyl adjacent to an activating group) is 1. The Labute approximate surface area is 126 Å². The molecule has 1 aliphatic rings. The first-order chi connectivity index (χ1) is 8.95. The average molecular weight is 300 g/mol. The molecule has 1 aliphatic heterocycles. The van der Waals surface area contributed by atoms with Crippen molar-refractivity contribution in [2.75, 3.05) is 37.6 Å². The van der Waals surface area contributed by atoms with Gasteiger partial charge in [-0.25, -0.2) is 4.98 Å². The van der Waals surface area contributed by atoms with E-state index in [2.05, 4.69) is 50.1 Å². The molecule has 1 saturated heterocycles. The van der Waals surface area contributed by atoms with Crippen LogP contribution in [0.2, 0.25) is 0 Å². The lowest BCUT2D eigenvalue weighted by Gasteiger charge is -2.33. The van der Waals surface area contributed by atoms with Crippen molar-refractivity contribution < 1.29 is 0 Å². The first-order valence-electron chi connectivity index (χ1n) is 7.04. The predicted octanol–water partition coefficient (Wildman–Crippen LogP) is 3.01. The van der Waals surface area contributed by atoms with Crippen LogP contribution in [0.5, 0.6) is 0 Å². The standard InChI is InChI=1S/C14H25N3S2/c1-5-16-6-8-17(9-7-16)13-15-12(14(2,3)4)11(10-18)19-13/h18H,5-10H2,1-4H3. The molecule has 0 amide bonds. The number of hydrogen-bond acceptors (Lipinski definition) is 5.